The standard InChI is InChI=1S/C17H21FN2O/c1-13(2)9-19-10-14-7-8-15(20-11-14)12-21-17-6-4-3-5-16(17)18/h3-8,11,13,19H,9-10,12H2,1-2H3. The van der Waals surface area contributed by atoms with Gasteiger partial charge in [0.05, 0.1) is 5.69 Å². The van der Waals surface area contributed by atoms with Crippen molar-refractivity contribution in [3.05, 3.63) is 59.7 Å². The molecule has 1 aromatic heterocycles. The van der Waals surface area contributed by atoms with Crippen LogP contribution in [0.4, 0.5) is 4.39 Å². The predicted molar refractivity (Wildman–Crippen MR) is 81.5 cm³/mol. The number of hydrogen-bond acceptors (Lipinski definition) is 3. The smallest absolute Gasteiger partial charge is 0.165 e. The van der Waals surface area contributed by atoms with E-state index < -0.39 is 0 Å². The fourth-order valence-corrected chi connectivity index (χ4v) is 1.86. The highest BCUT2D eigenvalue weighted by Crippen LogP contribution is 2.16. The van der Waals surface area contributed by atoms with Crippen molar-refractivity contribution in [3.63, 3.8) is 0 Å². The molecule has 0 radical (unpaired) electrons. The molecular formula is C17H21FN2O. The molecule has 0 amide bonds. The molecule has 0 saturated heterocycles. The molecule has 112 valence electrons. The Labute approximate surface area is 125 Å². The van der Waals surface area contributed by atoms with Gasteiger partial charge in [-0.2, -0.15) is 0 Å². The van der Waals surface area contributed by atoms with Gasteiger partial charge < -0.3 is 10.1 Å². The molecule has 0 fully saturated rings. The first kappa shape index (κ1) is 15.4. The molecule has 0 saturated carbocycles. The van der Waals surface area contributed by atoms with E-state index in [4.69, 9.17) is 4.74 Å². The number of para-hydroxylation sites is 1. The topological polar surface area (TPSA) is 34.1 Å². The highest BCUT2D eigenvalue weighted by Gasteiger charge is 2.03. The summed E-state index contributed by atoms with van der Waals surface area (Å²) in [5.41, 5.74) is 1.91. The molecule has 0 aliphatic carbocycles. The van der Waals surface area contributed by atoms with Gasteiger partial charge in [0.25, 0.3) is 0 Å². The maximum Gasteiger partial charge on any atom is 0.165 e. The summed E-state index contributed by atoms with van der Waals surface area (Å²) in [6.45, 7) is 6.40. The van der Waals surface area contributed by atoms with Gasteiger partial charge in [0, 0.05) is 12.7 Å². The van der Waals surface area contributed by atoms with Crippen molar-refractivity contribution in [2.45, 2.75) is 27.0 Å². The van der Waals surface area contributed by atoms with E-state index in [-0.39, 0.29) is 18.2 Å². The highest BCUT2D eigenvalue weighted by atomic mass is 19.1. The van der Waals surface area contributed by atoms with Crippen molar-refractivity contribution in [2.24, 2.45) is 5.92 Å². The van der Waals surface area contributed by atoms with E-state index in [2.05, 4.69) is 24.1 Å². The largest absolute Gasteiger partial charge is 0.484 e. The molecule has 0 spiro atoms. The zero-order chi connectivity index (χ0) is 15.1. The summed E-state index contributed by atoms with van der Waals surface area (Å²) in [4.78, 5) is 4.33. The quantitative estimate of drug-likeness (QED) is 0.846. The summed E-state index contributed by atoms with van der Waals surface area (Å²) in [5.74, 6) is 0.528. The average molecular weight is 288 g/mol. The van der Waals surface area contributed by atoms with E-state index in [0.717, 1.165) is 24.3 Å². The molecule has 0 bridgehead atoms. The van der Waals surface area contributed by atoms with Gasteiger partial charge in [-0.05, 0) is 36.2 Å². The molecular weight excluding hydrogens is 267 g/mol. The van der Waals surface area contributed by atoms with Crippen molar-refractivity contribution in [1.29, 1.82) is 0 Å². The Morgan fingerprint density at radius 2 is 2.00 bits per heavy atom. The van der Waals surface area contributed by atoms with Gasteiger partial charge >= 0.3 is 0 Å². The zero-order valence-electron chi connectivity index (χ0n) is 12.5. The Kier molecular flexibility index (Phi) is 5.69. The Morgan fingerprint density at radius 1 is 1.19 bits per heavy atom. The van der Waals surface area contributed by atoms with Crippen LogP contribution in [0.1, 0.15) is 25.1 Å². The minimum absolute atomic E-state index is 0.252. The molecule has 1 aromatic carbocycles. The number of hydrogen-bond donors (Lipinski definition) is 1. The van der Waals surface area contributed by atoms with Gasteiger partial charge in [-0.15, -0.1) is 0 Å². The van der Waals surface area contributed by atoms with E-state index >= 15 is 0 Å². The lowest BCUT2D eigenvalue weighted by Gasteiger charge is -2.09. The molecule has 0 atom stereocenters. The molecule has 1 heterocycles. The van der Waals surface area contributed by atoms with Crippen LogP contribution < -0.4 is 10.1 Å². The third kappa shape index (κ3) is 5.16. The van der Waals surface area contributed by atoms with Gasteiger partial charge in [0.2, 0.25) is 0 Å². The van der Waals surface area contributed by atoms with Crippen LogP contribution >= 0.6 is 0 Å². The molecule has 21 heavy (non-hydrogen) atoms. The van der Waals surface area contributed by atoms with Crippen molar-refractivity contribution in [2.75, 3.05) is 6.54 Å². The first-order chi connectivity index (χ1) is 10.1. The Balaban J connectivity index is 1.84. The highest BCUT2D eigenvalue weighted by molar-refractivity contribution is 5.24. The van der Waals surface area contributed by atoms with Crippen LogP contribution in [-0.2, 0) is 13.2 Å². The van der Waals surface area contributed by atoms with Crippen molar-refractivity contribution >= 4 is 0 Å². The van der Waals surface area contributed by atoms with Crippen LogP contribution in [-0.4, -0.2) is 11.5 Å². The molecule has 2 aromatic rings. The van der Waals surface area contributed by atoms with Crippen LogP contribution in [0, 0.1) is 11.7 Å². The second kappa shape index (κ2) is 7.74. The summed E-state index contributed by atoms with van der Waals surface area (Å²) in [7, 11) is 0. The van der Waals surface area contributed by atoms with Gasteiger partial charge in [-0.1, -0.05) is 32.0 Å². The number of ether oxygens (including phenoxy) is 1. The Morgan fingerprint density at radius 3 is 2.67 bits per heavy atom. The fourth-order valence-electron chi connectivity index (χ4n) is 1.86. The number of benzene rings is 1. The summed E-state index contributed by atoms with van der Waals surface area (Å²) >= 11 is 0. The average Bonchev–Trinajstić information content (AvgIpc) is 2.47. The molecule has 0 aliphatic heterocycles. The lowest BCUT2D eigenvalue weighted by molar-refractivity contribution is 0.286. The summed E-state index contributed by atoms with van der Waals surface area (Å²) in [5, 5.41) is 3.37. The first-order valence-corrected chi connectivity index (χ1v) is 7.17. The second-order valence-electron chi connectivity index (χ2n) is 5.40. The van der Waals surface area contributed by atoms with Crippen molar-refractivity contribution < 1.29 is 9.13 Å². The SMILES string of the molecule is CC(C)CNCc1ccc(COc2ccccc2F)nc1. The van der Waals surface area contributed by atoms with E-state index in [1.165, 1.54) is 6.07 Å². The van der Waals surface area contributed by atoms with Crippen molar-refractivity contribution in [3.8, 4) is 5.75 Å². The number of rotatable bonds is 7. The van der Waals surface area contributed by atoms with Crippen LogP contribution in [0.15, 0.2) is 42.6 Å². The normalized spacial score (nSPS) is 10.9. The lowest BCUT2D eigenvalue weighted by atomic mass is 10.2. The summed E-state index contributed by atoms with van der Waals surface area (Å²) < 4.78 is 18.8. The monoisotopic (exact) mass is 288 g/mol. The van der Waals surface area contributed by atoms with E-state index in [0.29, 0.717) is 5.92 Å². The zero-order valence-corrected chi connectivity index (χ0v) is 12.5. The van der Waals surface area contributed by atoms with Crippen LogP contribution in [0.2, 0.25) is 0 Å². The van der Waals surface area contributed by atoms with Crippen LogP contribution in [0.25, 0.3) is 0 Å². The van der Waals surface area contributed by atoms with E-state index in [1.807, 2.05) is 18.3 Å². The van der Waals surface area contributed by atoms with Crippen LogP contribution in [0.5, 0.6) is 5.75 Å². The molecule has 0 unspecified atom stereocenters. The van der Waals surface area contributed by atoms with Crippen molar-refractivity contribution in [1.82, 2.24) is 10.3 Å². The van der Waals surface area contributed by atoms with Gasteiger partial charge in [0.1, 0.15) is 6.61 Å². The Hall–Kier alpha value is -1.94. The molecule has 1 N–H and O–H groups in total. The maximum absolute atomic E-state index is 13.4. The fraction of sp³-hybridized carbons (Fsp3) is 0.353. The first-order valence-electron chi connectivity index (χ1n) is 7.17. The minimum atomic E-state index is -0.355. The number of nitrogens with one attached hydrogen (secondary N) is 1. The van der Waals surface area contributed by atoms with E-state index in [1.54, 1.807) is 18.2 Å². The van der Waals surface area contributed by atoms with Crippen LogP contribution in [0.3, 0.4) is 0 Å². The molecule has 3 nitrogen and oxygen atoms in total. The third-order valence-electron chi connectivity index (χ3n) is 2.98. The van der Waals surface area contributed by atoms with Gasteiger partial charge in [-0.25, -0.2) is 4.39 Å². The Bertz CT molecular complexity index is 555. The van der Waals surface area contributed by atoms with Gasteiger partial charge in [0.15, 0.2) is 11.6 Å². The number of nitrogens with zero attached hydrogens (tertiary/aromatic N) is 1. The minimum Gasteiger partial charge on any atom is -0.484 e. The third-order valence-corrected chi connectivity index (χ3v) is 2.98. The number of pyridine rings is 1. The summed E-state index contributed by atoms with van der Waals surface area (Å²) in [6, 6.07) is 10.3. The number of aromatic nitrogens is 1. The second-order valence-corrected chi connectivity index (χ2v) is 5.40. The lowest BCUT2D eigenvalue weighted by Crippen LogP contribution is -2.19. The predicted octanol–water partition coefficient (Wildman–Crippen LogP) is 3.55. The van der Waals surface area contributed by atoms with Gasteiger partial charge in [-0.3, -0.25) is 4.98 Å². The number of halogens is 1. The molecule has 2 rings (SSSR count). The molecule has 4 heteroatoms. The molecule has 0 aliphatic rings. The summed E-state index contributed by atoms with van der Waals surface area (Å²) in [6.07, 6.45) is 1.83. The maximum atomic E-state index is 13.4. The van der Waals surface area contributed by atoms with E-state index in [9.17, 15) is 4.39 Å².